The summed E-state index contributed by atoms with van der Waals surface area (Å²) in [5, 5.41) is 20.6. The van der Waals surface area contributed by atoms with Crippen LogP contribution in [0.4, 0.5) is 0 Å². The number of aromatic hydroxyl groups is 2. The zero-order valence-electron chi connectivity index (χ0n) is 35.1. The first-order chi connectivity index (χ1) is 25.1. The number of fused-ring (bicyclic) bond motifs is 1. The second-order valence-corrected chi connectivity index (χ2v) is 18.3. The summed E-state index contributed by atoms with van der Waals surface area (Å²) >= 11 is 0. The first-order valence-electron chi connectivity index (χ1n) is 20.0. The number of ketones is 3. The second-order valence-electron chi connectivity index (χ2n) is 18.3. The fourth-order valence-electron chi connectivity index (χ4n) is 9.10. The summed E-state index contributed by atoms with van der Waals surface area (Å²) < 4.78 is 6.97. The number of phenolic OH excluding ortho intramolecular Hbond substituents is 2. The number of allylic oxidation sites excluding steroid dienone is 12. The summed E-state index contributed by atoms with van der Waals surface area (Å²) in [7, 11) is 0. The lowest BCUT2D eigenvalue weighted by Crippen LogP contribution is -2.69. The molecule has 1 spiro atoms. The van der Waals surface area contributed by atoms with Crippen LogP contribution in [0.25, 0.3) is 0 Å². The van der Waals surface area contributed by atoms with Crippen LogP contribution in [0.15, 0.2) is 88.3 Å². The van der Waals surface area contributed by atoms with E-state index in [4.69, 9.17) is 4.74 Å². The Bertz CT molecular complexity index is 1820. The van der Waals surface area contributed by atoms with Gasteiger partial charge in [0.2, 0.25) is 0 Å². The third-order valence-corrected chi connectivity index (χ3v) is 12.4. The lowest BCUT2D eigenvalue weighted by atomic mass is 9.38. The molecular formula is C48H66O6. The Kier molecular flexibility index (Phi) is 13.0. The highest BCUT2D eigenvalue weighted by molar-refractivity contribution is 6.36. The molecule has 6 heteroatoms. The van der Waals surface area contributed by atoms with Crippen LogP contribution in [0, 0.1) is 34.0 Å². The predicted molar refractivity (Wildman–Crippen MR) is 219 cm³/mol. The van der Waals surface area contributed by atoms with Gasteiger partial charge in [-0.25, -0.2) is 0 Å². The van der Waals surface area contributed by atoms with Gasteiger partial charge in [-0.05, 0) is 149 Å². The van der Waals surface area contributed by atoms with Crippen molar-refractivity contribution in [3.63, 3.8) is 0 Å². The number of ether oxygens (including phenoxy) is 1. The number of hydrogen-bond acceptors (Lipinski definition) is 6. The molecule has 0 radical (unpaired) electrons. The molecule has 5 unspecified atom stereocenters. The van der Waals surface area contributed by atoms with Gasteiger partial charge in [0.15, 0.2) is 28.8 Å². The number of hydrogen-bond donors (Lipinski definition) is 2. The monoisotopic (exact) mass is 738 g/mol. The highest BCUT2D eigenvalue weighted by Crippen LogP contribution is 2.70. The molecule has 1 aromatic rings. The highest BCUT2D eigenvalue weighted by atomic mass is 16.5. The van der Waals surface area contributed by atoms with E-state index >= 15 is 9.59 Å². The Balaban J connectivity index is 2.10. The van der Waals surface area contributed by atoms with Gasteiger partial charge in [0.1, 0.15) is 22.3 Å². The minimum Gasteiger partial charge on any atom is -0.504 e. The Labute approximate surface area is 325 Å². The van der Waals surface area contributed by atoms with Crippen LogP contribution in [0.5, 0.6) is 11.5 Å². The number of carbonyl (C=O) groups is 3. The van der Waals surface area contributed by atoms with E-state index in [0.29, 0.717) is 38.5 Å². The molecule has 5 atom stereocenters. The molecule has 6 nitrogen and oxygen atoms in total. The molecule has 0 aromatic heterocycles. The van der Waals surface area contributed by atoms with Crippen LogP contribution in [-0.2, 0) is 14.3 Å². The molecule has 2 bridgehead atoms. The van der Waals surface area contributed by atoms with Crippen molar-refractivity contribution in [2.75, 3.05) is 0 Å². The van der Waals surface area contributed by atoms with Crippen molar-refractivity contribution < 1.29 is 29.3 Å². The third-order valence-electron chi connectivity index (χ3n) is 12.4. The topological polar surface area (TPSA) is 101 Å². The number of benzene rings is 1. The minimum absolute atomic E-state index is 0.0427. The molecule has 0 amide bonds. The van der Waals surface area contributed by atoms with E-state index in [-0.39, 0.29) is 46.2 Å². The maximum Gasteiger partial charge on any atom is 0.200 e. The molecule has 2 fully saturated rings. The van der Waals surface area contributed by atoms with E-state index in [2.05, 4.69) is 79.7 Å². The minimum atomic E-state index is -1.64. The highest BCUT2D eigenvalue weighted by Gasteiger charge is 2.75. The average Bonchev–Trinajstić information content (AvgIpc) is 3.06. The van der Waals surface area contributed by atoms with E-state index in [0.717, 1.165) is 12.8 Å². The quantitative estimate of drug-likeness (QED) is 0.0648. The Morgan fingerprint density at radius 2 is 1.43 bits per heavy atom. The van der Waals surface area contributed by atoms with Gasteiger partial charge in [-0.2, -0.15) is 0 Å². The Hall–Kier alpha value is -3.93. The number of Topliss-reactive ketones (excluding diaryl/α,β-unsaturated/α-hetero) is 3. The van der Waals surface area contributed by atoms with E-state index in [1.807, 2.05) is 39.8 Å². The Morgan fingerprint density at radius 3 is 2.02 bits per heavy atom. The van der Waals surface area contributed by atoms with Crippen LogP contribution >= 0.6 is 0 Å². The third kappa shape index (κ3) is 8.19. The van der Waals surface area contributed by atoms with E-state index in [9.17, 15) is 15.0 Å². The van der Waals surface area contributed by atoms with Crippen LogP contribution in [0.2, 0.25) is 0 Å². The number of carbonyl (C=O) groups excluding carboxylic acids is 3. The molecule has 1 aromatic carbocycles. The van der Waals surface area contributed by atoms with Crippen molar-refractivity contribution in [1.29, 1.82) is 0 Å². The zero-order valence-corrected chi connectivity index (χ0v) is 35.1. The van der Waals surface area contributed by atoms with Crippen molar-refractivity contribution in [3.05, 3.63) is 93.8 Å². The SMILES string of the molecule is CC(C)=CCCC(C)=CCC1CC23CC(CC=C(C)C)C(C)(C)OC2=C(C(=O)c2ccc(O)c(O)c2)C(=O)C(C=CC(C)C)(C3=O)C1(C)CCC=C(C)C. The van der Waals surface area contributed by atoms with Gasteiger partial charge in [0.25, 0.3) is 0 Å². The van der Waals surface area contributed by atoms with Crippen molar-refractivity contribution in [3.8, 4) is 11.5 Å². The smallest absolute Gasteiger partial charge is 0.200 e. The van der Waals surface area contributed by atoms with Crippen molar-refractivity contribution in [2.24, 2.45) is 34.0 Å². The van der Waals surface area contributed by atoms with E-state index in [1.54, 1.807) is 0 Å². The zero-order chi connectivity index (χ0) is 40.4. The summed E-state index contributed by atoms with van der Waals surface area (Å²) in [6, 6.07) is 3.86. The van der Waals surface area contributed by atoms with Crippen molar-refractivity contribution in [1.82, 2.24) is 0 Å². The average molecular weight is 739 g/mol. The summed E-state index contributed by atoms with van der Waals surface area (Å²) in [4.78, 5) is 46.7. The molecule has 54 heavy (non-hydrogen) atoms. The number of rotatable bonds is 14. The summed E-state index contributed by atoms with van der Waals surface area (Å²) in [5.74, 6) is -2.04. The molecular weight excluding hydrogens is 673 g/mol. The lowest BCUT2D eigenvalue weighted by Gasteiger charge is -2.64. The predicted octanol–water partition coefficient (Wildman–Crippen LogP) is 11.9. The molecule has 1 heterocycles. The van der Waals surface area contributed by atoms with Gasteiger partial charge in [-0.15, -0.1) is 0 Å². The van der Waals surface area contributed by atoms with Crippen LogP contribution in [-0.4, -0.2) is 33.2 Å². The standard InChI is InChI=1S/C48H66O6/c1-30(2)15-13-17-34(9)19-22-37-29-47-28-36(21-18-32(5)6)45(10,11)54-43(47)40(41(51)35-20-23-38(49)39(50)27-35)42(52)48(44(47)53,26-24-33(7)8)46(37,12)25-14-16-31(3)4/h15-16,18-20,23-24,26-27,33,36-37,49-50H,13-14,17,21-22,25,28-29H2,1-12H3. The van der Waals surface area contributed by atoms with Gasteiger partial charge >= 0.3 is 0 Å². The second kappa shape index (κ2) is 16.4. The summed E-state index contributed by atoms with van der Waals surface area (Å²) in [5.41, 5.74) is 0.354. The summed E-state index contributed by atoms with van der Waals surface area (Å²) in [6.07, 6.45) is 18.2. The molecule has 1 aliphatic heterocycles. The molecule has 4 rings (SSSR count). The lowest BCUT2D eigenvalue weighted by molar-refractivity contribution is -0.185. The maximum absolute atomic E-state index is 16.0. The van der Waals surface area contributed by atoms with Gasteiger partial charge < -0.3 is 14.9 Å². The van der Waals surface area contributed by atoms with Crippen molar-refractivity contribution in [2.45, 2.75) is 140 Å². The van der Waals surface area contributed by atoms with E-state index in [1.165, 1.54) is 40.5 Å². The van der Waals surface area contributed by atoms with Gasteiger partial charge in [0.05, 0.1) is 5.41 Å². The van der Waals surface area contributed by atoms with Crippen molar-refractivity contribution >= 4 is 17.3 Å². The first kappa shape index (κ1) is 42.8. The molecule has 1 saturated carbocycles. The van der Waals surface area contributed by atoms with Gasteiger partial charge in [0, 0.05) is 11.5 Å². The van der Waals surface area contributed by atoms with Crippen LogP contribution in [0.3, 0.4) is 0 Å². The molecule has 2 aliphatic carbocycles. The fraction of sp³-hybridized carbons (Fsp3) is 0.562. The summed E-state index contributed by atoms with van der Waals surface area (Å²) in [6.45, 7) is 24.8. The number of phenols is 2. The fourth-order valence-corrected chi connectivity index (χ4v) is 9.10. The van der Waals surface area contributed by atoms with Crippen LogP contribution < -0.4 is 0 Å². The largest absolute Gasteiger partial charge is 0.504 e. The maximum atomic E-state index is 16.0. The Morgan fingerprint density at radius 1 is 0.833 bits per heavy atom. The molecule has 1 saturated heterocycles. The van der Waals surface area contributed by atoms with E-state index < -0.39 is 39.2 Å². The molecule has 3 aliphatic rings. The molecule has 2 N–H and O–H groups in total. The first-order valence-corrected chi connectivity index (χ1v) is 20.0. The van der Waals surface area contributed by atoms with Crippen LogP contribution in [0.1, 0.15) is 145 Å². The normalized spacial score (nSPS) is 27.8. The molecule has 294 valence electrons. The van der Waals surface area contributed by atoms with Gasteiger partial charge in [-0.3, -0.25) is 14.4 Å². The van der Waals surface area contributed by atoms with Gasteiger partial charge in [-0.1, -0.05) is 79.5 Å².